The molecule has 0 aromatic heterocycles. The van der Waals surface area contributed by atoms with E-state index in [1.54, 1.807) is 0 Å². The van der Waals surface area contributed by atoms with E-state index in [4.69, 9.17) is 0 Å². The molecule has 0 N–H and O–H groups in total. The van der Waals surface area contributed by atoms with Gasteiger partial charge in [0.05, 0.1) is 0 Å². The van der Waals surface area contributed by atoms with E-state index < -0.39 is 39.5 Å². The molecule has 0 saturated carbocycles. The van der Waals surface area contributed by atoms with Crippen LogP contribution >= 0.6 is 22.6 Å². The van der Waals surface area contributed by atoms with Gasteiger partial charge in [0.2, 0.25) is 0 Å². The maximum absolute atomic E-state index is 13.0. The Morgan fingerprint density at radius 1 is 0.762 bits per heavy atom. The monoisotopic (exact) mass is 450 g/mol. The number of alkyl halides is 11. The number of hydrogen-bond acceptors (Lipinski definition) is 0. The van der Waals surface area contributed by atoms with Gasteiger partial charge in [-0.25, -0.2) is 0 Å². The molecule has 0 aliphatic heterocycles. The van der Waals surface area contributed by atoms with Gasteiger partial charge in [-0.15, -0.1) is 0 Å². The summed E-state index contributed by atoms with van der Waals surface area (Å²) in [6.45, 7) is 1.15. The summed E-state index contributed by atoms with van der Waals surface area (Å²) in [7, 11) is 0. The minimum absolute atomic E-state index is 0.340. The van der Waals surface area contributed by atoms with Crippen LogP contribution in [-0.2, 0) is 0 Å². The number of halogens is 12. The molecule has 0 unspecified atom stereocenters. The van der Waals surface area contributed by atoms with Gasteiger partial charge < -0.3 is 0 Å². The molecule has 0 aliphatic carbocycles. The molecular weight excluding hydrogens is 444 g/mol. The van der Waals surface area contributed by atoms with Crippen LogP contribution < -0.4 is 0 Å². The van der Waals surface area contributed by atoms with Crippen molar-refractivity contribution in [2.24, 2.45) is 0 Å². The highest BCUT2D eigenvalue weighted by atomic mass is 127. The van der Waals surface area contributed by atoms with Crippen LogP contribution in [-0.4, -0.2) is 29.9 Å². The van der Waals surface area contributed by atoms with Crippen molar-refractivity contribution >= 4 is 22.6 Å². The zero-order valence-electron chi connectivity index (χ0n) is 9.82. The van der Waals surface area contributed by atoms with Crippen molar-refractivity contribution in [3.05, 3.63) is 9.66 Å². The Morgan fingerprint density at radius 3 is 1.43 bits per heavy atom. The Morgan fingerprint density at radius 2 is 1.14 bits per heavy atom. The minimum Gasteiger partial charge on any atom is -0.195 e. The van der Waals surface area contributed by atoms with E-state index >= 15 is 0 Å². The third kappa shape index (κ3) is 3.38. The van der Waals surface area contributed by atoms with Gasteiger partial charge in [-0.3, -0.25) is 0 Å². The summed E-state index contributed by atoms with van der Waals surface area (Å²) in [4.78, 5) is 0. The zero-order valence-corrected chi connectivity index (χ0v) is 12.0. The van der Waals surface area contributed by atoms with E-state index in [2.05, 4.69) is 0 Å². The molecule has 0 fully saturated rings. The van der Waals surface area contributed by atoms with Gasteiger partial charge in [-0.1, -0.05) is 6.92 Å². The third-order valence-corrected chi connectivity index (χ3v) is 3.31. The molecule has 0 rings (SSSR count). The molecule has 0 aromatic carbocycles. The summed E-state index contributed by atoms with van der Waals surface area (Å²) in [5.41, 5.74) is 0. The lowest BCUT2D eigenvalue weighted by Crippen LogP contribution is -2.66. The van der Waals surface area contributed by atoms with Crippen LogP contribution in [0.2, 0.25) is 0 Å². The molecule has 0 spiro atoms. The maximum Gasteiger partial charge on any atom is 0.460 e. The molecule has 0 aliphatic rings. The number of hydrogen-bond donors (Lipinski definition) is 0. The summed E-state index contributed by atoms with van der Waals surface area (Å²) in [6, 6.07) is 0. The van der Waals surface area contributed by atoms with E-state index in [1.807, 2.05) is 0 Å². The Kier molecular flexibility index (Phi) is 5.64. The Hall–Kier alpha value is -0.300. The first-order valence-electron chi connectivity index (χ1n) is 4.91. The second kappa shape index (κ2) is 5.72. The average molecular weight is 450 g/mol. The van der Waals surface area contributed by atoms with Gasteiger partial charge in [0.15, 0.2) is 0 Å². The van der Waals surface area contributed by atoms with Crippen molar-refractivity contribution in [3.8, 4) is 0 Å². The highest BCUT2D eigenvalue weighted by Gasteiger charge is 2.86. The molecule has 0 bridgehead atoms. The Balaban J connectivity index is 6.01. The summed E-state index contributed by atoms with van der Waals surface area (Å²) in [5.74, 6) is -27.5. The molecule has 126 valence electrons. The number of rotatable bonds is 5. The molecule has 0 atom stereocenters. The topological polar surface area (TPSA) is 0 Å². The van der Waals surface area contributed by atoms with Crippen molar-refractivity contribution in [1.82, 2.24) is 0 Å². The molecule has 12 heteroatoms. The highest BCUT2D eigenvalue weighted by Crippen LogP contribution is 2.57. The van der Waals surface area contributed by atoms with E-state index in [-0.39, 0.29) is 6.42 Å². The molecule has 0 aromatic rings. The minimum atomic E-state index is -7.34. The van der Waals surface area contributed by atoms with Gasteiger partial charge in [0, 0.05) is 6.08 Å². The fraction of sp³-hybridized carbons (Fsp3) is 0.778. The molecule has 21 heavy (non-hydrogen) atoms. The molecule has 0 amide bonds. The summed E-state index contributed by atoms with van der Waals surface area (Å²) in [5, 5.41) is 0. The van der Waals surface area contributed by atoms with Crippen LogP contribution in [0.4, 0.5) is 48.3 Å². The van der Waals surface area contributed by atoms with Crippen LogP contribution in [0.5, 0.6) is 0 Å². The van der Waals surface area contributed by atoms with Crippen molar-refractivity contribution in [2.75, 3.05) is 0 Å². The number of allylic oxidation sites excluding steroid dienone is 2. The first kappa shape index (κ1) is 20.7. The molecule has 0 nitrogen and oxygen atoms in total. The SMILES string of the molecule is CCC(I)=CC(F)(F)C(F)(F)C(F)(F)C(F)(F)C(F)(F)F. The smallest absolute Gasteiger partial charge is 0.195 e. The lowest BCUT2D eigenvalue weighted by Gasteiger charge is -2.36. The standard InChI is InChI=1S/C9H6F11I/c1-2-4(21)3-5(10,11)6(12,13)7(14,15)8(16,17)9(18,19)20/h3H,2H2,1H3. The van der Waals surface area contributed by atoms with Crippen LogP contribution in [0.15, 0.2) is 9.66 Å². The van der Waals surface area contributed by atoms with Crippen molar-refractivity contribution < 1.29 is 48.3 Å². The van der Waals surface area contributed by atoms with Crippen LogP contribution in [0.3, 0.4) is 0 Å². The highest BCUT2D eigenvalue weighted by molar-refractivity contribution is 14.1. The van der Waals surface area contributed by atoms with Crippen molar-refractivity contribution in [2.45, 2.75) is 43.2 Å². The fourth-order valence-corrected chi connectivity index (χ4v) is 1.37. The fourth-order valence-electron chi connectivity index (χ4n) is 0.974. The molecule has 0 radical (unpaired) electrons. The van der Waals surface area contributed by atoms with Gasteiger partial charge in [-0.2, -0.15) is 48.3 Å². The van der Waals surface area contributed by atoms with Crippen molar-refractivity contribution in [3.63, 3.8) is 0 Å². The molecular formula is C9H6F11I. The van der Waals surface area contributed by atoms with Gasteiger partial charge in [-0.05, 0) is 32.6 Å². The third-order valence-electron chi connectivity index (χ3n) is 2.24. The normalized spacial score (nSPS) is 16.3. The predicted molar refractivity (Wildman–Crippen MR) is 58.2 cm³/mol. The van der Waals surface area contributed by atoms with Crippen LogP contribution in [0.25, 0.3) is 0 Å². The van der Waals surface area contributed by atoms with E-state index in [0.717, 1.165) is 29.5 Å². The van der Waals surface area contributed by atoms with Crippen LogP contribution in [0, 0.1) is 0 Å². The Bertz CT molecular complexity index is 406. The first-order chi connectivity index (χ1) is 8.95. The average Bonchev–Trinajstić information content (AvgIpc) is 2.25. The van der Waals surface area contributed by atoms with E-state index in [9.17, 15) is 48.3 Å². The van der Waals surface area contributed by atoms with Gasteiger partial charge >= 0.3 is 29.9 Å². The lowest BCUT2D eigenvalue weighted by molar-refractivity contribution is -0.416. The van der Waals surface area contributed by atoms with E-state index in [0.29, 0.717) is 0 Å². The lowest BCUT2D eigenvalue weighted by atomic mass is 9.97. The van der Waals surface area contributed by atoms with Gasteiger partial charge in [0.1, 0.15) is 0 Å². The Labute approximate surface area is 124 Å². The maximum atomic E-state index is 13.0. The summed E-state index contributed by atoms with van der Waals surface area (Å²) >= 11 is 1.03. The molecule has 0 heterocycles. The summed E-state index contributed by atoms with van der Waals surface area (Å²) < 4.78 is 137. The van der Waals surface area contributed by atoms with Crippen LogP contribution in [0.1, 0.15) is 13.3 Å². The van der Waals surface area contributed by atoms with Gasteiger partial charge in [0.25, 0.3) is 0 Å². The molecule has 0 saturated heterocycles. The quantitative estimate of drug-likeness (QED) is 0.366. The first-order valence-corrected chi connectivity index (χ1v) is 5.98. The largest absolute Gasteiger partial charge is 0.460 e. The zero-order chi connectivity index (χ0) is 17.5. The predicted octanol–water partition coefficient (Wildman–Crippen LogP) is 5.82. The second-order valence-electron chi connectivity index (χ2n) is 3.79. The second-order valence-corrected chi connectivity index (χ2v) is 5.17. The van der Waals surface area contributed by atoms with Crippen molar-refractivity contribution in [1.29, 1.82) is 0 Å². The summed E-state index contributed by atoms with van der Waals surface area (Å²) in [6.07, 6.45) is -8.24. The van der Waals surface area contributed by atoms with E-state index in [1.165, 1.54) is 0 Å².